The van der Waals surface area contributed by atoms with E-state index in [1.165, 1.54) is 68.0 Å². The molecule has 6 aromatic rings. The maximum Gasteiger partial charge on any atom is -0.0240 e. The fourth-order valence-electron chi connectivity index (χ4n) is 4.78. The fraction of sp³-hybridized carbons (Fsp3) is 0.0513. The van der Waals surface area contributed by atoms with E-state index in [0.717, 1.165) is 17.9 Å². The van der Waals surface area contributed by atoms with E-state index < -0.39 is 0 Å². The summed E-state index contributed by atoms with van der Waals surface area (Å²) in [5, 5.41) is 6.06. The molecule has 0 aliphatic heterocycles. The molecule has 2 aliphatic carbocycles. The van der Waals surface area contributed by atoms with Crippen LogP contribution in [0.1, 0.15) is 17.5 Å². The molecule has 2 aliphatic rings. The maximum atomic E-state index is 5.52. The third kappa shape index (κ3) is 9.99. The third-order valence-electron chi connectivity index (χ3n) is 6.47. The first-order chi connectivity index (χ1) is 20.3. The molecule has 6 aromatic carbocycles. The average Bonchev–Trinajstić information content (AvgIpc) is 3.77. The molecule has 43 heavy (non-hydrogen) atoms. The predicted molar refractivity (Wildman–Crippen MR) is 187 cm³/mol. The van der Waals surface area contributed by atoms with Crippen LogP contribution in [0.5, 0.6) is 0 Å². The van der Waals surface area contributed by atoms with Crippen molar-refractivity contribution in [3.8, 4) is 11.1 Å². The van der Waals surface area contributed by atoms with Gasteiger partial charge in [-0.3, -0.25) is 6.08 Å². The van der Waals surface area contributed by atoms with E-state index in [0.29, 0.717) is 0 Å². The second-order valence-electron chi connectivity index (χ2n) is 8.99. The Balaban J connectivity index is 0.000000242. The summed E-state index contributed by atoms with van der Waals surface area (Å²) in [5.41, 5.74) is 5.67. The Morgan fingerprint density at radius 3 is 1.86 bits per heavy atom. The zero-order valence-electron chi connectivity index (χ0n) is 23.6. The number of allylic oxidation sites excluding steroid dienone is 4. The standard InChI is InChI=1S/C21H13.C6H4Cl.C6H5.C5H5.CH2.2ClH.Zr/c1-2-8-15-14(7-1)13-20-18-11-4-3-9-16(18)17-10-5-6-12-19(17)21(15)20;7-6-4-2-1-3-5-6;1-2-4-6-5-3-1;1-2-4-5-3-1;;;;/h1-10,12H,13H2;2-5H;1-5H;1-3H,4H2;1H2;2*1H;/q4*-1;;;;. The van der Waals surface area contributed by atoms with Crippen molar-refractivity contribution >= 4 is 62.2 Å². The summed E-state index contributed by atoms with van der Waals surface area (Å²) in [5.74, 6) is 0. The molecule has 8 rings (SSSR count). The zero-order valence-corrected chi connectivity index (χ0v) is 28.4. The predicted octanol–water partition coefficient (Wildman–Crippen LogP) is 11.1. The van der Waals surface area contributed by atoms with Gasteiger partial charge in [-0.2, -0.15) is 72.8 Å². The Hall–Kier alpha value is -3.06. The van der Waals surface area contributed by atoms with Gasteiger partial charge in [-0.1, -0.05) is 58.9 Å². The van der Waals surface area contributed by atoms with Crippen molar-refractivity contribution < 1.29 is 24.2 Å². The molecular formula is C39H31Cl3Zr-4. The molecular weight excluding hydrogens is 666 g/mol. The Morgan fingerprint density at radius 2 is 1.30 bits per heavy atom. The van der Waals surface area contributed by atoms with Gasteiger partial charge in [-0.15, -0.1) is 83.4 Å². The summed E-state index contributed by atoms with van der Waals surface area (Å²) in [6, 6.07) is 49.8. The summed E-state index contributed by atoms with van der Waals surface area (Å²) >= 11 is 6.82. The van der Waals surface area contributed by atoms with E-state index in [1.54, 1.807) is 24.3 Å². The fourth-order valence-corrected chi connectivity index (χ4v) is 4.90. The summed E-state index contributed by atoms with van der Waals surface area (Å²) < 4.78 is 3.34. The van der Waals surface area contributed by atoms with Gasteiger partial charge in [0.25, 0.3) is 0 Å². The normalized spacial score (nSPS) is 10.8. The number of rotatable bonds is 0. The molecule has 0 nitrogen and oxygen atoms in total. The van der Waals surface area contributed by atoms with Crippen LogP contribution in [0.2, 0.25) is 5.02 Å². The molecule has 0 unspecified atom stereocenters. The van der Waals surface area contributed by atoms with Gasteiger partial charge in [0, 0.05) is 0 Å². The number of fused-ring (bicyclic) bond motifs is 8. The minimum atomic E-state index is 0. The molecule has 0 aromatic heterocycles. The summed E-state index contributed by atoms with van der Waals surface area (Å²) in [7, 11) is 0. The molecule has 0 bridgehead atoms. The van der Waals surface area contributed by atoms with Crippen LogP contribution in [-0.4, -0.2) is 4.21 Å². The van der Waals surface area contributed by atoms with Crippen molar-refractivity contribution in [2.24, 2.45) is 0 Å². The Bertz CT molecular complexity index is 1690. The second-order valence-corrected chi connectivity index (χ2v) is 9.43. The molecule has 0 saturated carbocycles. The molecule has 0 spiro atoms. The molecule has 0 amide bonds. The molecule has 0 heterocycles. The monoisotopic (exact) mass is 694 g/mol. The van der Waals surface area contributed by atoms with Crippen LogP contribution in [0.25, 0.3) is 32.7 Å². The smallest absolute Gasteiger partial charge is 0.0240 e. The van der Waals surface area contributed by atoms with Gasteiger partial charge >= 0.3 is 28.4 Å². The molecule has 0 fully saturated rings. The number of hydrogen-bond acceptors (Lipinski definition) is 0. The van der Waals surface area contributed by atoms with E-state index >= 15 is 0 Å². The molecule has 4 heteroatoms. The molecule has 0 saturated heterocycles. The number of halogens is 3. The van der Waals surface area contributed by atoms with Crippen LogP contribution in [0.4, 0.5) is 0 Å². The van der Waals surface area contributed by atoms with Crippen molar-refractivity contribution in [3.63, 3.8) is 0 Å². The summed E-state index contributed by atoms with van der Waals surface area (Å²) in [6.45, 7) is 0. The van der Waals surface area contributed by atoms with Crippen LogP contribution in [0.15, 0.2) is 140 Å². The summed E-state index contributed by atoms with van der Waals surface area (Å²) in [6.07, 6.45) is 11.0. The maximum absolute atomic E-state index is 5.52. The van der Waals surface area contributed by atoms with Gasteiger partial charge in [0.2, 0.25) is 0 Å². The average molecular weight is 697 g/mol. The topological polar surface area (TPSA) is 0 Å². The Kier molecular flexibility index (Phi) is 16.8. The van der Waals surface area contributed by atoms with E-state index in [-0.39, 0.29) is 24.8 Å². The van der Waals surface area contributed by atoms with E-state index in [1.807, 2.05) is 48.6 Å². The second kappa shape index (κ2) is 20.0. The van der Waals surface area contributed by atoms with Crippen LogP contribution in [-0.2, 0) is 30.7 Å². The SMILES string of the molecule is Cl.Cl.Clc1cc[c-]cc1.[C-]1=CC=CC1.[CH2]=[Zr].[c-]1cccc2c1c1c(c3ccccc32)-c2ccccc2C1.[c-]1ccccc1. The Labute approximate surface area is 288 Å². The van der Waals surface area contributed by atoms with Crippen LogP contribution >= 0.6 is 36.4 Å². The first-order valence-corrected chi connectivity index (χ1v) is 15.5. The first-order valence-electron chi connectivity index (χ1n) is 13.3. The van der Waals surface area contributed by atoms with Crippen LogP contribution in [0, 0.1) is 24.3 Å². The van der Waals surface area contributed by atoms with Crippen molar-refractivity contribution in [1.29, 1.82) is 0 Å². The van der Waals surface area contributed by atoms with Crippen LogP contribution in [0.3, 0.4) is 0 Å². The quantitative estimate of drug-likeness (QED) is 0.109. The van der Waals surface area contributed by atoms with Crippen LogP contribution < -0.4 is 0 Å². The molecule has 0 atom stereocenters. The van der Waals surface area contributed by atoms with Crippen molar-refractivity contribution in [2.75, 3.05) is 0 Å². The van der Waals surface area contributed by atoms with Gasteiger partial charge in [0.15, 0.2) is 0 Å². The zero-order chi connectivity index (χ0) is 28.7. The van der Waals surface area contributed by atoms with Crippen molar-refractivity contribution in [1.82, 2.24) is 0 Å². The first kappa shape index (κ1) is 36.1. The van der Waals surface area contributed by atoms with E-state index in [9.17, 15) is 0 Å². The number of benzene rings is 6. The summed E-state index contributed by atoms with van der Waals surface area (Å²) in [4.78, 5) is 0. The van der Waals surface area contributed by atoms with Gasteiger partial charge in [0.1, 0.15) is 0 Å². The van der Waals surface area contributed by atoms with E-state index in [4.69, 9.17) is 11.6 Å². The number of hydrogen-bond donors (Lipinski definition) is 0. The minimum Gasteiger partial charge on any atom is -0.184 e. The third-order valence-corrected chi connectivity index (χ3v) is 6.72. The minimum absolute atomic E-state index is 0. The van der Waals surface area contributed by atoms with Crippen molar-refractivity contribution in [3.05, 3.63) is 180 Å². The molecule has 0 radical (unpaired) electrons. The van der Waals surface area contributed by atoms with Gasteiger partial charge in [-0.25, -0.2) is 12.2 Å². The van der Waals surface area contributed by atoms with Gasteiger partial charge in [-0.05, 0) is 28.5 Å². The van der Waals surface area contributed by atoms with Crippen molar-refractivity contribution in [2.45, 2.75) is 12.8 Å². The van der Waals surface area contributed by atoms with Gasteiger partial charge < -0.3 is 0 Å². The van der Waals surface area contributed by atoms with Gasteiger partial charge in [0.05, 0.1) is 0 Å². The molecule has 216 valence electrons. The Morgan fingerprint density at radius 1 is 0.651 bits per heavy atom. The largest absolute Gasteiger partial charge is 0.184 e. The van der Waals surface area contributed by atoms with E-state index in [2.05, 4.69) is 95.2 Å². The molecule has 0 N–H and O–H groups in total.